The van der Waals surface area contributed by atoms with Gasteiger partial charge in [0, 0.05) is 28.2 Å². The van der Waals surface area contributed by atoms with Gasteiger partial charge in [-0.1, -0.05) is 13.1 Å². The van der Waals surface area contributed by atoms with Crippen LogP contribution >= 0.6 is 0 Å². The second kappa shape index (κ2) is 3.91. The molecule has 0 N–H and O–H groups in total. The lowest BCUT2D eigenvalue weighted by Crippen LogP contribution is -2.55. The molecule has 0 aromatic carbocycles. The molecule has 0 unspecified atom stereocenters. The van der Waals surface area contributed by atoms with Crippen molar-refractivity contribution in [1.29, 1.82) is 0 Å². The van der Waals surface area contributed by atoms with Crippen LogP contribution in [0.15, 0.2) is 0 Å². The fourth-order valence-corrected chi connectivity index (χ4v) is 3.63. The van der Waals surface area contributed by atoms with Crippen molar-refractivity contribution in [2.45, 2.75) is 13.1 Å². The standard InChI is InChI=1S/C8H18N2O2Si/c1-9(2)7(11)13(5,6)8(12)10(3)4/h1-6H3. The lowest BCUT2D eigenvalue weighted by molar-refractivity contribution is 0.230. The summed E-state index contributed by atoms with van der Waals surface area (Å²) in [4.78, 5) is 26.3. The van der Waals surface area contributed by atoms with Gasteiger partial charge >= 0.3 is 0 Å². The Morgan fingerprint density at radius 1 is 0.846 bits per heavy atom. The number of hydrogen-bond acceptors (Lipinski definition) is 2. The zero-order valence-electron chi connectivity index (χ0n) is 9.21. The molecule has 5 heteroatoms. The molecule has 0 saturated heterocycles. The van der Waals surface area contributed by atoms with Gasteiger partial charge in [0.05, 0.1) is 0 Å². The summed E-state index contributed by atoms with van der Waals surface area (Å²) in [5, 5.41) is 0. The molecule has 0 spiro atoms. The van der Waals surface area contributed by atoms with Gasteiger partial charge in [-0.05, 0) is 0 Å². The Balaban J connectivity index is 4.76. The van der Waals surface area contributed by atoms with E-state index in [9.17, 15) is 9.59 Å². The van der Waals surface area contributed by atoms with Gasteiger partial charge < -0.3 is 9.80 Å². The van der Waals surface area contributed by atoms with Gasteiger partial charge in [-0.3, -0.25) is 9.59 Å². The Morgan fingerprint density at radius 2 is 1.08 bits per heavy atom. The van der Waals surface area contributed by atoms with Crippen molar-refractivity contribution in [1.82, 2.24) is 9.80 Å². The molecule has 2 amide bonds. The van der Waals surface area contributed by atoms with Crippen molar-refractivity contribution in [3.63, 3.8) is 0 Å². The first-order valence-electron chi connectivity index (χ1n) is 4.14. The summed E-state index contributed by atoms with van der Waals surface area (Å²) < 4.78 is 0. The SMILES string of the molecule is CN(C)C(=O)[Si](C)(C)C(=O)N(C)C. The monoisotopic (exact) mass is 202 g/mol. The van der Waals surface area contributed by atoms with Gasteiger partial charge in [-0.25, -0.2) is 0 Å². The maximum atomic E-state index is 11.7. The molecule has 76 valence electrons. The van der Waals surface area contributed by atoms with E-state index in [2.05, 4.69) is 0 Å². The quantitative estimate of drug-likeness (QED) is 0.632. The minimum atomic E-state index is -2.46. The van der Waals surface area contributed by atoms with Crippen LogP contribution in [0.1, 0.15) is 0 Å². The normalized spacial score (nSPS) is 10.9. The van der Waals surface area contributed by atoms with E-state index in [1.165, 1.54) is 9.80 Å². The first-order chi connectivity index (χ1) is 5.71. The summed E-state index contributed by atoms with van der Waals surface area (Å²) in [5.74, 6) is 0. The number of nitrogens with zero attached hydrogens (tertiary/aromatic N) is 2. The average Bonchev–Trinajstić information content (AvgIpc) is 2.01. The van der Waals surface area contributed by atoms with Gasteiger partial charge in [0.1, 0.15) is 0 Å². The van der Waals surface area contributed by atoms with E-state index >= 15 is 0 Å². The third kappa shape index (κ3) is 2.55. The molecule has 0 aliphatic carbocycles. The molecule has 0 rings (SSSR count). The fourth-order valence-electron chi connectivity index (χ4n) is 1.21. The fraction of sp³-hybridized carbons (Fsp3) is 0.750. The number of amides is 2. The van der Waals surface area contributed by atoms with Crippen LogP contribution in [0.4, 0.5) is 9.59 Å². The number of hydrogen-bond donors (Lipinski definition) is 0. The topological polar surface area (TPSA) is 40.6 Å². The predicted molar refractivity (Wildman–Crippen MR) is 55.6 cm³/mol. The van der Waals surface area contributed by atoms with Gasteiger partial charge in [0.15, 0.2) is 0 Å². The van der Waals surface area contributed by atoms with E-state index in [1.807, 2.05) is 0 Å². The zero-order chi connectivity index (χ0) is 10.8. The number of carbonyl (C=O) groups excluding carboxylic acids is 2. The molecular formula is C8H18N2O2Si. The number of carbonyl (C=O) groups is 2. The highest BCUT2D eigenvalue weighted by Gasteiger charge is 2.41. The highest BCUT2D eigenvalue weighted by Crippen LogP contribution is 2.10. The number of rotatable bonds is 2. The van der Waals surface area contributed by atoms with E-state index in [4.69, 9.17) is 0 Å². The maximum Gasteiger partial charge on any atom is 0.256 e. The van der Waals surface area contributed by atoms with Crippen LogP contribution < -0.4 is 0 Å². The molecule has 0 aromatic heterocycles. The summed E-state index contributed by atoms with van der Waals surface area (Å²) >= 11 is 0. The van der Waals surface area contributed by atoms with E-state index in [0.717, 1.165) is 0 Å². The summed E-state index contributed by atoms with van der Waals surface area (Å²) in [6, 6.07) is 0. The first kappa shape index (κ1) is 12.2. The Bertz CT molecular complexity index is 202. The molecule has 13 heavy (non-hydrogen) atoms. The van der Waals surface area contributed by atoms with Gasteiger partial charge in [0.25, 0.3) is 8.07 Å². The molecule has 0 radical (unpaired) electrons. The van der Waals surface area contributed by atoms with Crippen molar-refractivity contribution in [2.75, 3.05) is 28.2 Å². The molecule has 4 nitrogen and oxygen atoms in total. The first-order valence-corrected chi connectivity index (χ1v) is 7.14. The van der Waals surface area contributed by atoms with Gasteiger partial charge in [0.2, 0.25) is 11.1 Å². The van der Waals surface area contributed by atoms with E-state index in [-0.39, 0.29) is 11.1 Å². The molecule has 0 aromatic rings. The van der Waals surface area contributed by atoms with Crippen LogP contribution in [0.2, 0.25) is 13.1 Å². The van der Waals surface area contributed by atoms with Gasteiger partial charge in [-0.2, -0.15) is 0 Å². The molecule has 0 saturated carbocycles. The van der Waals surface area contributed by atoms with Crippen molar-refractivity contribution in [3.05, 3.63) is 0 Å². The summed E-state index contributed by atoms with van der Waals surface area (Å²) in [6.07, 6.45) is 0. The maximum absolute atomic E-state index is 11.7. The Kier molecular flexibility index (Phi) is 3.66. The zero-order valence-corrected chi connectivity index (χ0v) is 10.2. The second-order valence-electron chi connectivity index (χ2n) is 4.02. The third-order valence-corrected chi connectivity index (χ3v) is 4.91. The highest BCUT2D eigenvalue weighted by atomic mass is 28.3. The summed E-state index contributed by atoms with van der Waals surface area (Å²) in [6.45, 7) is 3.55. The minimum Gasteiger partial charge on any atom is -0.353 e. The van der Waals surface area contributed by atoms with Crippen LogP contribution in [0.25, 0.3) is 0 Å². The molecule has 0 atom stereocenters. The summed E-state index contributed by atoms with van der Waals surface area (Å²) in [7, 11) is 4.26. The van der Waals surface area contributed by atoms with Crippen molar-refractivity contribution >= 4 is 19.1 Å². The van der Waals surface area contributed by atoms with Crippen LogP contribution in [0.3, 0.4) is 0 Å². The molecular weight excluding hydrogens is 184 g/mol. The molecule has 0 fully saturated rings. The van der Waals surface area contributed by atoms with Crippen LogP contribution in [0.5, 0.6) is 0 Å². The van der Waals surface area contributed by atoms with Gasteiger partial charge in [-0.15, -0.1) is 0 Å². The summed E-state index contributed by atoms with van der Waals surface area (Å²) in [5.41, 5.74) is -0.0719. The van der Waals surface area contributed by atoms with Crippen LogP contribution in [0, 0.1) is 0 Å². The Morgan fingerprint density at radius 3 is 1.23 bits per heavy atom. The smallest absolute Gasteiger partial charge is 0.256 e. The lowest BCUT2D eigenvalue weighted by Gasteiger charge is -2.26. The highest BCUT2D eigenvalue weighted by molar-refractivity contribution is 7.23. The average molecular weight is 202 g/mol. The van der Waals surface area contributed by atoms with E-state index in [1.54, 1.807) is 41.3 Å². The Hall–Kier alpha value is -0.843. The second-order valence-corrected chi connectivity index (χ2v) is 8.13. The van der Waals surface area contributed by atoms with Crippen molar-refractivity contribution in [2.24, 2.45) is 0 Å². The van der Waals surface area contributed by atoms with Crippen molar-refractivity contribution in [3.8, 4) is 0 Å². The molecule has 0 heterocycles. The van der Waals surface area contributed by atoms with Crippen LogP contribution in [-0.2, 0) is 0 Å². The molecule has 0 aliphatic heterocycles. The largest absolute Gasteiger partial charge is 0.353 e. The van der Waals surface area contributed by atoms with E-state index < -0.39 is 8.07 Å². The lowest BCUT2D eigenvalue weighted by atomic mass is 10.9. The van der Waals surface area contributed by atoms with Crippen LogP contribution in [-0.4, -0.2) is 57.1 Å². The van der Waals surface area contributed by atoms with Crippen molar-refractivity contribution < 1.29 is 9.59 Å². The molecule has 0 bridgehead atoms. The molecule has 0 aliphatic rings. The third-order valence-electron chi connectivity index (χ3n) is 1.88. The minimum absolute atomic E-state index is 0.0359. The Labute approximate surface area is 80.5 Å². The van der Waals surface area contributed by atoms with E-state index in [0.29, 0.717) is 0 Å². The predicted octanol–water partition coefficient (Wildman–Crippen LogP) is 1.22.